The van der Waals surface area contributed by atoms with Gasteiger partial charge in [-0.25, -0.2) is 4.39 Å². The summed E-state index contributed by atoms with van der Waals surface area (Å²) in [5.74, 6) is 0.0962. The number of alkyl halides is 4. The van der Waals surface area contributed by atoms with Gasteiger partial charge in [0.05, 0.1) is 24.1 Å². The quantitative estimate of drug-likeness (QED) is 0.665. The number of nitrogens with zero attached hydrogens (tertiary/aromatic N) is 4. The van der Waals surface area contributed by atoms with Crippen LogP contribution in [-0.4, -0.2) is 26.7 Å². The van der Waals surface area contributed by atoms with E-state index in [1.54, 1.807) is 0 Å². The Hall–Kier alpha value is -2.55. The molecule has 0 saturated carbocycles. The van der Waals surface area contributed by atoms with Crippen LogP contribution in [0.25, 0.3) is 16.9 Å². The summed E-state index contributed by atoms with van der Waals surface area (Å²) >= 11 is 0. The molecular formula is C16H14F4N4O. The summed E-state index contributed by atoms with van der Waals surface area (Å²) in [4.78, 5) is 4.20. The number of halogens is 4. The van der Waals surface area contributed by atoms with Crippen molar-refractivity contribution in [3.63, 3.8) is 0 Å². The van der Waals surface area contributed by atoms with Crippen molar-refractivity contribution in [2.24, 2.45) is 0 Å². The van der Waals surface area contributed by atoms with Crippen LogP contribution in [0.3, 0.4) is 0 Å². The lowest BCUT2D eigenvalue weighted by molar-refractivity contribution is -0.137. The Morgan fingerprint density at radius 2 is 2.00 bits per heavy atom. The zero-order valence-electron chi connectivity index (χ0n) is 13.4. The maximum absolute atomic E-state index is 13.6. The molecule has 0 aliphatic heterocycles. The van der Waals surface area contributed by atoms with Crippen LogP contribution in [0.5, 0.6) is 0 Å². The second-order valence-electron chi connectivity index (χ2n) is 5.48. The number of fused-ring (bicyclic) bond motifs is 1. The topological polar surface area (TPSA) is 52.3 Å². The summed E-state index contributed by atoms with van der Waals surface area (Å²) < 4.78 is 58.9. The molecule has 2 aromatic heterocycles. The van der Waals surface area contributed by atoms with Crippen molar-refractivity contribution in [3.8, 4) is 11.3 Å². The third kappa shape index (κ3) is 3.32. The summed E-state index contributed by atoms with van der Waals surface area (Å²) in [7, 11) is 1.39. The maximum Gasteiger partial charge on any atom is 0.416 e. The minimum atomic E-state index is -4.45. The Morgan fingerprint density at radius 3 is 2.64 bits per heavy atom. The fourth-order valence-corrected chi connectivity index (χ4v) is 2.52. The zero-order chi connectivity index (χ0) is 18.2. The molecule has 0 aliphatic carbocycles. The standard InChI is InChI=1S/C16H14F4N4O/c1-9(17)15-23-22-14-6-21-13(7-24(14)15)12-4-3-11(16(18,19)20)5-10(12)8-25-2/h3-7,9H,8H2,1-2H3. The monoisotopic (exact) mass is 354 g/mol. The molecule has 0 N–H and O–H groups in total. The summed E-state index contributed by atoms with van der Waals surface area (Å²) in [5, 5.41) is 7.58. The lowest BCUT2D eigenvalue weighted by Crippen LogP contribution is -2.07. The van der Waals surface area contributed by atoms with Crippen LogP contribution in [-0.2, 0) is 17.5 Å². The molecule has 1 unspecified atom stereocenters. The normalized spacial score (nSPS) is 13.4. The zero-order valence-corrected chi connectivity index (χ0v) is 13.4. The largest absolute Gasteiger partial charge is 0.416 e. The number of benzene rings is 1. The van der Waals surface area contributed by atoms with Crippen molar-refractivity contribution in [1.82, 2.24) is 19.6 Å². The van der Waals surface area contributed by atoms with Gasteiger partial charge in [-0.1, -0.05) is 6.07 Å². The molecule has 0 saturated heterocycles. The van der Waals surface area contributed by atoms with Crippen molar-refractivity contribution in [3.05, 3.63) is 47.5 Å². The molecule has 0 fully saturated rings. The van der Waals surface area contributed by atoms with E-state index in [1.165, 1.54) is 36.9 Å². The van der Waals surface area contributed by atoms with E-state index in [4.69, 9.17) is 4.74 Å². The van der Waals surface area contributed by atoms with Crippen molar-refractivity contribution in [2.45, 2.75) is 25.9 Å². The summed E-state index contributed by atoms with van der Waals surface area (Å²) in [6, 6.07) is 3.33. The highest BCUT2D eigenvalue weighted by Gasteiger charge is 2.31. The Bertz CT molecular complexity index is 905. The molecule has 132 valence electrons. The summed E-state index contributed by atoms with van der Waals surface area (Å²) in [5.41, 5.74) is 0.736. The molecule has 0 radical (unpaired) electrons. The van der Waals surface area contributed by atoms with E-state index in [2.05, 4.69) is 15.2 Å². The van der Waals surface area contributed by atoms with Crippen molar-refractivity contribution >= 4 is 5.65 Å². The minimum Gasteiger partial charge on any atom is -0.380 e. The van der Waals surface area contributed by atoms with E-state index in [0.29, 0.717) is 22.5 Å². The SMILES string of the molecule is COCc1cc(C(F)(F)F)ccc1-c1cn2c(C(C)F)nnc2cn1. The van der Waals surface area contributed by atoms with Gasteiger partial charge in [-0.2, -0.15) is 13.2 Å². The highest BCUT2D eigenvalue weighted by molar-refractivity contribution is 5.64. The first kappa shape index (κ1) is 17.3. The Balaban J connectivity index is 2.14. The fraction of sp³-hybridized carbons (Fsp3) is 0.312. The van der Waals surface area contributed by atoms with Gasteiger partial charge in [0.2, 0.25) is 0 Å². The number of aromatic nitrogens is 4. The highest BCUT2D eigenvalue weighted by atomic mass is 19.4. The van der Waals surface area contributed by atoms with Gasteiger partial charge in [-0.15, -0.1) is 10.2 Å². The van der Waals surface area contributed by atoms with Crippen LogP contribution in [0.15, 0.2) is 30.6 Å². The fourth-order valence-electron chi connectivity index (χ4n) is 2.52. The number of rotatable bonds is 4. The molecule has 3 rings (SSSR count). The van der Waals surface area contributed by atoms with Crippen LogP contribution in [0.2, 0.25) is 0 Å². The van der Waals surface area contributed by atoms with Crippen molar-refractivity contribution < 1.29 is 22.3 Å². The van der Waals surface area contributed by atoms with E-state index < -0.39 is 17.9 Å². The lowest BCUT2D eigenvalue weighted by Gasteiger charge is -2.13. The van der Waals surface area contributed by atoms with Gasteiger partial charge in [0, 0.05) is 18.9 Å². The van der Waals surface area contributed by atoms with Crippen LogP contribution >= 0.6 is 0 Å². The van der Waals surface area contributed by atoms with Crippen LogP contribution in [0, 0.1) is 0 Å². The van der Waals surface area contributed by atoms with Crippen LogP contribution < -0.4 is 0 Å². The third-order valence-electron chi connectivity index (χ3n) is 3.68. The summed E-state index contributed by atoms with van der Waals surface area (Å²) in [6.45, 7) is 1.30. The van der Waals surface area contributed by atoms with Gasteiger partial charge in [0.1, 0.15) is 0 Å². The average Bonchev–Trinajstić information content (AvgIpc) is 2.97. The molecule has 1 atom stereocenters. The van der Waals surface area contributed by atoms with Crippen molar-refractivity contribution in [2.75, 3.05) is 7.11 Å². The van der Waals surface area contributed by atoms with Gasteiger partial charge in [-0.3, -0.25) is 9.38 Å². The second-order valence-corrected chi connectivity index (χ2v) is 5.48. The first-order valence-electron chi connectivity index (χ1n) is 7.35. The Morgan fingerprint density at radius 1 is 1.24 bits per heavy atom. The van der Waals surface area contributed by atoms with Crippen molar-refractivity contribution in [1.29, 1.82) is 0 Å². The minimum absolute atomic E-state index is 0.0203. The van der Waals surface area contributed by atoms with Gasteiger partial charge in [0.15, 0.2) is 17.6 Å². The second kappa shape index (κ2) is 6.40. The van der Waals surface area contributed by atoms with E-state index in [0.717, 1.165) is 12.1 Å². The highest BCUT2D eigenvalue weighted by Crippen LogP contribution is 2.33. The number of hydrogen-bond donors (Lipinski definition) is 0. The van der Waals surface area contributed by atoms with E-state index >= 15 is 0 Å². The van der Waals surface area contributed by atoms with E-state index in [1.807, 2.05) is 0 Å². The smallest absolute Gasteiger partial charge is 0.380 e. The molecule has 0 amide bonds. The maximum atomic E-state index is 13.6. The van der Waals surface area contributed by atoms with Crippen LogP contribution in [0.4, 0.5) is 17.6 Å². The van der Waals surface area contributed by atoms with E-state index in [9.17, 15) is 17.6 Å². The Labute approximate surface area is 140 Å². The average molecular weight is 354 g/mol. The van der Waals surface area contributed by atoms with Gasteiger partial charge in [-0.05, 0) is 24.6 Å². The number of ether oxygens (including phenoxy) is 1. The lowest BCUT2D eigenvalue weighted by atomic mass is 10.0. The van der Waals surface area contributed by atoms with E-state index in [-0.39, 0.29) is 12.4 Å². The Kier molecular flexibility index (Phi) is 4.42. The first-order chi connectivity index (χ1) is 11.8. The molecule has 0 aliphatic rings. The molecule has 9 heteroatoms. The predicted molar refractivity (Wildman–Crippen MR) is 81.5 cm³/mol. The molecular weight excluding hydrogens is 340 g/mol. The molecule has 25 heavy (non-hydrogen) atoms. The molecule has 0 spiro atoms. The molecule has 2 heterocycles. The third-order valence-corrected chi connectivity index (χ3v) is 3.68. The molecule has 0 bridgehead atoms. The molecule has 5 nitrogen and oxygen atoms in total. The van der Waals surface area contributed by atoms with Gasteiger partial charge in [0.25, 0.3) is 0 Å². The number of hydrogen-bond acceptors (Lipinski definition) is 4. The van der Waals surface area contributed by atoms with Gasteiger partial charge >= 0.3 is 6.18 Å². The summed E-state index contributed by atoms with van der Waals surface area (Å²) in [6.07, 6.45) is -2.91. The van der Waals surface area contributed by atoms with Crippen LogP contribution in [0.1, 0.15) is 30.0 Å². The first-order valence-corrected chi connectivity index (χ1v) is 7.35. The predicted octanol–water partition coefficient (Wildman–Crippen LogP) is 3.99. The number of methoxy groups -OCH3 is 1. The molecule has 1 aromatic carbocycles. The molecule has 3 aromatic rings. The van der Waals surface area contributed by atoms with Gasteiger partial charge < -0.3 is 4.74 Å².